The first kappa shape index (κ1) is 14.3. The lowest BCUT2D eigenvalue weighted by atomic mass is 9.85. The van der Waals surface area contributed by atoms with Gasteiger partial charge >= 0.3 is 0 Å². The predicted octanol–water partition coefficient (Wildman–Crippen LogP) is 3.42. The molecule has 0 amide bonds. The van der Waals surface area contributed by atoms with Crippen LogP contribution in [0.4, 0.5) is 0 Å². The van der Waals surface area contributed by atoms with Crippen molar-refractivity contribution in [2.45, 2.75) is 84.3 Å². The average molecular weight is 252 g/mol. The molecule has 1 saturated carbocycles. The van der Waals surface area contributed by atoms with Gasteiger partial charge in [0.2, 0.25) is 0 Å². The Morgan fingerprint density at radius 1 is 1.00 bits per heavy atom. The van der Waals surface area contributed by atoms with Crippen LogP contribution in [0.25, 0.3) is 0 Å². The van der Waals surface area contributed by atoms with Gasteiger partial charge in [-0.2, -0.15) is 0 Å². The van der Waals surface area contributed by atoms with Gasteiger partial charge in [-0.3, -0.25) is 4.90 Å². The summed E-state index contributed by atoms with van der Waals surface area (Å²) in [7, 11) is 0. The second kappa shape index (κ2) is 5.92. The topological polar surface area (TPSA) is 15.3 Å². The molecule has 0 bridgehead atoms. The summed E-state index contributed by atoms with van der Waals surface area (Å²) in [5, 5.41) is 3.78. The van der Waals surface area contributed by atoms with E-state index in [9.17, 15) is 0 Å². The van der Waals surface area contributed by atoms with Crippen molar-refractivity contribution in [1.29, 1.82) is 0 Å². The quantitative estimate of drug-likeness (QED) is 0.769. The number of hydrogen-bond donors (Lipinski definition) is 1. The van der Waals surface area contributed by atoms with Gasteiger partial charge in [-0.25, -0.2) is 0 Å². The minimum absolute atomic E-state index is 0.372. The SMILES string of the molecule is CC1CCNC(C(C)(C)C)CN1C1CCCCC1. The third kappa shape index (κ3) is 3.48. The third-order valence-corrected chi connectivity index (χ3v) is 5.00. The minimum atomic E-state index is 0.372. The highest BCUT2D eigenvalue weighted by Crippen LogP contribution is 2.29. The Bertz CT molecular complexity index is 250. The fraction of sp³-hybridized carbons (Fsp3) is 1.00. The van der Waals surface area contributed by atoms with Crippen molar-refractivity contribution in [1.82, 2.24) is 10.2 Å². The van der Waals surface area contributed by atoms with Crippen molar-refractivity contribution in [3.63, 3.8) is 0 Å². The molecule has 106 valence electrons. The van der Waals surface area contributed by atoms with E-state index in [2.05, 4.69) is 37.9 Å². The van der Waals surface area contributed by atoms with Crippen LogP contribution in [-0.4, -0.2) is 36.1 Å². The van der Waals surface area contributed by atoms with Gasteiger partial charge in [0.1, 0.15) is 0 Å². The summed E-state index contributed by atoms with van der Waals surface area (Å²) < 4.78 is 0. The summed E-state index contributed by atoms with van der Waals surface area (Å²) >= 11 is 0. The first-order valence-corrected chi connectivity index (χ1v) is 7.97. The summed E-state index contributed by atoms with van der Waals surface area (Å²) in [6, 6.07) is 2.26. The largest absolute Gasteiger partial charge is 0.312 e. The fourth-order valence-electron chi connectivity index (χ4n) is 3.59. The van der Waals surface area contributed by atoms with Crippen molar-refractivity contribution in [2.24, 2.45) is 5.41 Å². The molecule has 0 spiro atoms. The van der Waals surface area contributed by atoms with E-state index in [-0.39, 0.29) is 0 Å². The molecule has 1 N–H and O–H groups in total. The maximum absolute atomic E-state index is 3.78. The Hall–Kier alpha value is -0.0800. The molecule has 1 heterocycles. The van der Waals surface area contributed by atoms with Gasteiger partial charge in [0.05, 0.1) is 0 Å². The van der Waals surface area contributed by atoms with Gasteiger partial charge in [-0.15, -0.1) is 0 Å². The second-order valence-electron chi connectivity index (χ2n) is 7.50. The maximum Gasteiger partial charge on any atom is 0.0243 e. The minimum Gasteiger partial charge on any atom is -0.312 e. The zero-order valence-electron chi connectivity index (χ0n) is 12.8. The summed E-state index contributed by atoms with van der Waals surface area (Å²) in [6.45, 7) is 12.0. The normalized spacial score (nSPS) is 33.3. The predicted molar refractivity (Wildman–Crippen MR) is 78.9 cm³/mol. The number of hydrogen-bond acceptors (Lipinski definition) is 2. The molecule has 2 unspecified atom stereocenters. The van der Waals surface area contributed by atoms with Crippen LogP contribution in [0.15, 0.2) is 0 Å². The molecule has 2 aliphatic rings. The summed E-state index contributed by atoms with van der Waals surface area (Å²) in [6.07, 6.45) is 8.52. The van der Waals surface area contributed by atoms with Gasteiger partial charge in [0.15, 0.2) is 0 Å². The number of nitrogens with one attached hydrogen (secondary N) is 1. The van der Waals surface area contributed by atoms with E-state index in [0.717, 1.165) is 12.1 Å². The lowest BCUT2D eigenvalue weighted by molar-refractivity contribution is 0.0920. The highest BCUT2D eigenvalue weighted by molar-refractivity contribution is 4.91. The molecule has 1 saturated heterocycles. The number of rotatable bonds is 1. The molecule has 2 atom stereocenters. The molecule has 1 aliphatic carbocycles. The van der Waals surface area contributed by atoms with Gasteiger partial charge in [0, 0.05) is 24.7 Å². The Morgan fingerprint density at radius 2 is 1.67 bits per heavy atom. The second-order valence-corrected chi connectivity index (χ2v) is 7.50. The standard InChI is InChI=1S/C16H32N2/c1-13-10-11-17-15(16(2,3)4)12-18(13)14-8-6-5-7-9-14/h13-15,17H,5-12H2,1-4H3. The van der Waals surface area contributed by atoms with E-state index in [1.165, 1.54) is 51.6 Å². The Kier molecular flexibility index (Phi) is 4.71. The van der Waals surface area contributed by atoms with Crippen LogP contribution in [0, 0.1) is 5.41 Å². The monoisotopic (exact) mass is 252 g/mol. The highest BCUT2D eigenvalue weighted by atomic mass is 15.2. The lowest BCUT2D eigenvalue weighted by Crippen LogP contribution is -2.50. The van der Waals surface area contributed by atoms with Gasteiger partial charge in [-0.05, 0) is 38.1 Å². The van der Waals surface area contributed by atoms with Crippen LogP contribution in [0.2, 0.25) is 0 Å². The number of nitrogens with zero attached hydrogens (tertiary/aromatic N) is 1. The van der Waals surface area contributed by atoms with E-state index in [0.29, 0.717) is 11.5 Å². The molecular weight excluding hydrogens is 220 g/mol. The zero-order chi connectivity index (χ0) is 13.2. The molecule has 18 heavy (non-hydrogen) atoms. The van der Waals surface area contributed by atoms with E-state index >= 15 is 0 Å². The molecule has 2 heteroatoms. The lowest BCUT2D eigenvalue weighted by Gasteiger charge is -2.41. The smallest absolute Gasteiger partial charge is 0.0243 e. The third-order valence-electron chi connectivity index (χ3n) is 5.00. The van der Waals surface area contributed by atoms with E-state index < -0.39 is 0 Å². The zero-order valence-corrected chi connectivity index (χ0v) is 12.8. The van der Waals surface area contributed by atoms with Gasteiger partial charge in [-0.1, -0.05) is 40.0 Å². The Morgan fingerprint density at radius 3 is 2.28 bits per heavy atom. The van der Waals surface area contributed by atoms with E-state index in [1.807, 2.05) is 0 Å². The van der Waals surface area contributed by atoms with Crippen LogP contribution in [-0.2, 0) is 0 Å². The molecule has 0 aromatic rings. The van der Waals surface area contributed by atoms with E-state index in [4.69, 9.17) is 0 Å². The summed E-state index contributed by atoms with van der Waals surface area (Å²) in [5.41, 5.74) is 0.372. The molecule has 2 fully saturated rings. The average Bonchev–Trinajstić information content (AvgIpc) is 2.52. The van der Waals surface area contributed by atoms with Crippen molar-refractivity contribution >= 4 is 0 Å². The Labute approximate surface area is 114 Å². The van der Waals surface area contributed by atoms with Crippen LogP contribution in [0.1, 0.15) is 66.2 Å². The summed E-state index contributed by atoms with van der Waals surface area (Å²) in [4.78, 5) is 2.83. The highest BCUT2D eigenvalue weighted by Gasteiger charge is 2.33. The van der Waals surface area contributed by atoms with Crippen LogP contribution in [0.5, 0.6) is 0 Å². The van der Waals surface area contributed by atoms with Crippen LogP contribution >= 0.6 is 0 Å². The molecular formula is C16H32N2. The van der Waals surface area contributed by atoms with Crippen LogP contribution in [0.3, 0.4) is 0 Å². The van der Waals surface area contributed by atoms with Crippen molar-refractivity contribution < 1.29 is 0 Å². The molecule has 0 radical (unpaired) electrons. The first-order chi connectivity index (χ1) is 8.48. The van der Waals surface area contributed by atoms with Crippen molar-refractivity contribution in [3.05, 3.63) is 0 Å². The molecule has 0 aromatic carbocycles. The van der Waals surface area contributed by atoms with Crippen LogP contribution < -0.4 is 5.32 Å². The maximum atomic E-state index is 3.78. The Balaban J connectivity index is 2.05. The molecule has 2 rings (SSSR count). The first-order valence-electron chi connectivity index (χ1n) is 7.97. The van der Waals surface area contributed by atoms with E-state index in [1.54, 1.807) is 0 Å². The molecule has 0 aromatic heterocycles. The summed E-state index contributed by atoms with van der Waals surface area (Å²) in [5.74, 6) is 0. The van der Waals surface area contributed by atoms with Gasteiger partial charge < -0.3 is 5.32 Å². The van der Waals surface area contributed by atoms with Crippen molar-refractivity contribution in [2.75, 3.05) is 13.1 Å². The van der Waals surface area contributed by atoms with Gasteiger partial charge in [0.25, 0.3) is 0 Å². The molecule has 1 aliphatic heterocycles. The fourth-order valence-corrected chi connectivity index (χ4v) is 3.59. The van der Waals surface area contributed by atoms with Crippen molar-refractivity contribution in [3.8, 4) is 0 Å². The molecule has 2 nitrogen and oxygen atoms in total.